The van der Waals surface area contributed by atoms with Crippen LogP contribution in [0.15, 0.2) is 24.4 Å². The number of rotatable bonds is 2. The molecular weight excluding hydrogens is 252 g/mol. The first kappa shape index (κ1) is 10.9. The van der Waals surface area contributed by atoms with Gasteiger partial charge >= 0.3 is 0 Å². The minimum absolute atomic E-state index is 0.567. The van der Waals surface area contributed by atoms with Gasteiger partial charge in [0.25, 0.3) is 0 Å². The first-order valence-electron chi connectivity index (χ1n) is 4.02. The molecule has 0 aliphatic carbocycles. The van der Waals surface area contributed by atoms with Crippen molar-refractivity contribution in [2.24, 2.45) is 5.14 Å². The Morgan fingerprint density at radius 3 is 2.87 bits per heavy atom. The van der Waals surface area contributed by atoms with E-state index in [9.17, 15) is 8.42 Å². The van der Waals surface area contributed by atoms with E-state index >= 15 is 0 Å². The predicted molar refractivity (Wildman–Crippen MR) is 64.5 cm³/mol. The lowest BCUT2D eigenvalue weighted by atomic mass is 10.2. The maximum Gasteiger partial charge on any atom is 0.225 e. The molecule has 7 heteroatoms. The number of benzene rings is 1. The molecule has 15 heavy (non-hydrogen) atoms. The quantitative estimate of drug-likeness (QED) is 0.804. The van der Waals surface area contributed by atoms with Crippen LogP contribution in [0.4, 0.5) is 0 Å². The molecule has 2 N–H and O–H groups in total. The van der Waals surface area contributed by atoms with Crippen molar-refractivity contribution in [3.63, 3.8) is 0 Å². The molecule has 0 spiro atoms. The third-order valence-corrected chi connectivity index (χ3v) is 4.81. The normalized spacial score (nSPS) is 14.3. The highest BCUT2D eigenvalue weighted by Gasteiger charge is 2.19. The molecule has 1 unspecified atom stereocenters. The van der Waals surface area contributed by atoms with Crippen LogP contribution >= 0.6 is 24.2 Å². The van der Waals surface area contributed by atoms with Crippen LogP contribution in [-0.2, 0) is 10.0 Å². The number of primary sulfonamides is 1. The average molecular weight is 260 g/mol. The molecule has 2 rings (SSSR count). The van der Waals surface area contributed by atoms with Crippen LogP contribution in [-0.4, -0.2) is 12.8 Å². The first-order valence-corrected chi connectivity index (χ1v) is 6.92. The van der Waals surface area contributed by atoms with Crippen molar-refractivity contribution < 1.29 is 8.42 Å². The molecule has 0 saturated heterocycles. The molecule has 0 bridgehead atoms. The van der Waals surface area contributed by atoms with Crippen LogP contribution in [0.2, 0.25) is 0 Å². The average Bonchev–Trinajstić information content (AvgIpc) is 2.61. The predicted octanol–water partition coefficient (Wildman–Crippen LogP) is 1.51. The molecule has 1 atom stereocenters. The molecule has 2 aromatic rings. The van der Waals surface area contributed by atoms with Crippen LogP contribution in [0.25, 0.3) is 10.1 Å². The summed E-state index contributed by atoms with van der Waals surface area (Å²) in [6, 6.07) is 5.25. The molecule has 4 nitrogen and oxygen atoms in total. The molecule has 0 aliphatic rings. The maximum atomic E-state index is 11.1. The van der Waals surface area contributed by atoms with E-state index in [1.807, 2.05) is 6.07 Å². The van der Waals surface area contributed by atoms with E-state index in [0.717, 1.165) is 10.1 Å². The van der Waals surface area contributed by atoms with E-state index in [0.29, 0.717) is 5.56 Å². The number of hydrogen-bond donors (Lipinski definition) is 2. The van der Waals surface area contributed by atoms with Gasteiger partial charge in [-0.1, -0.05) is 12.1 Å². The van der Waals surface area contributed by atoms with Crippen LogP contribution < -0.4 is 5.14 Å². The Labute approximate surface area is 96.7 Å². The van der Waals surface area contributed by atoms with Crippen molar-refractivity contribution in [1.82, 2.24) is 4.37 Å². The van der Waals surface area contributed by atoms with E-state index in [1.54, 1.807) is 18.3 Å². The van der Waals surface area contributed by atoms with Gasteiger partial charge in [0.2, 0.25) is 10.0 Å². The Bertz CT molecular complexity index is 591. The second kappa shape index (κ2) is 3.75. The lowest BCUT2D eigenvalue weighted by Crippen LogP contribution is -2.17. The van der Waals surface area contributed by atoms with E-state index in [1.165, 1.54) is 11.5 Å². The summed E-state index contributed by atoms with van der Waals surface area (Å²) in [6.07, 6.45) is 1.73. The second-order valence-electron chi connectivity index (χ2n) is 3.06. The summed E-state index contributed by atoms with van der Waals surface area (Å²) in [4.78, 5) is 0. The van der Waals surface area contributed by atoms with Gasteiger partial charge in [0.15, 0.2) is 0 Å². The second-order valence-corrected chi connectivity index (χ2v) is 6.41. The van der Waals surface area contributed by atoms with Crippen molar-refractivity contribution in [2.45, 2.75) is 4.58 Å². The molecule has 0 fully saturated rings. The van der Waals surface area contributed by atoms with Gasteiger partial charge in [0, 0.05) is 11.6 Å². The lowest BCUT2D eigenvalue weighted by molar-refractivity contribution is 0.596. The molecule has 80 valence electrons. The Morgan fingerprint density at radius 1 is 1.47 bits per heavy atom. The van der Waals surface area contributed by atoms with Gasteiger partial charge in [0.05, 0.1) is 4.70 Å². The third kappa shape index (κ3) is 2.15. The summed E-state index contributed by atoms with van der Waals surface area (Å²) in [5.74, 6) is 0. The molecule has 0 aliphatic heterocycles. The third-order valence-electron chi connectivity index (χ3n) is 1.98. The minimum atomic E-state index is -3.66. The summed E-state index contributed by atoms with van der Waals surface area (Å²) in [7, 11) is -3.66. The van der Waals surface area contributed by atoms with Crippen molar-refractivity contribution >= 4 is 44.3 Å². The van der Waals surface area contributed by atoms with Gasteiger partial charge in [-0.2, -0.15) is 17.0 Å². The number of aromatic nitrogens is 1. The molecule has 1 aromatic carbocycles. The Hall–Kier alpha value is -0.630. The zero-order chi connectivity index (χ0) is 11.1. The minimum Gasteiger partial charge on any atom is -0.227 e. The zero-order valence-electron chi connectivity index (χ0n) is 7.49. The Morgan fingerprint density at radius 2 is 2.20 bits per heavy atom. The van der Waals surface area contributed by atoms with Crippen LogP contribution in [0.1, 0.15) is 10.1 Å². The van der Waals surface area contributed by atoms with Gasteiger partial charge < -0.3 is 0 Å². The molecular formula is C8H8N2O2S3. The highest BCUT2D eigenvalue weighted by molar-refractivity contribution is 8.02. The summed E-state index contributed by atoms with van der Waals surface area (Å²) < 4.78 is 26.1. The Balaban J connectivity index is 2.53. The molecule has 1 heterocycles. The van der Waals surface area contributed by atoms with Gasteiger partial charge in [-0.05, 0) is 23.2 Å². The molecule has 0 amide bonds. The maximum absolute atomic E-state index is 11.1. The molecule has 0 radical (unpaired) electrons. The Kier molecular flexibility index (Phi) is 2.72. The number of sulfonamides is 1. The fourth-order valence-corrected chi connectivity index (χ4v) is 2.60. The highest BCUT2D eigenvalue weighted by Crippen LogP contribution is 2.28. The summed E-state index contributed by atoms with van der Waals surface area (Å²) in [6.45, 7) is 0. The molecule has 0 saturated carbocycles. The van der Waals surface area contributed by atoms with Gasteiger partial charge in [-0.15, -0.1) is 0 Å². The first-order chi connectivity index (χ1) is 6.98. The summed E-state index contributed by atoms with van der Waals surface area (Å²) in [5.41, 5.74) is 0.567. The van der Waals surface area contributed by atoms with E-state index in [-0.39, 0.29) is 0 Å². The SMILES string of the molecule is NS(=O)(=O)C(S)c1ccc2cnsc2c1. The van der Waals surface area contributed by atoms with Crippen LogP contribution in [0, 0.1) is 0 Å². The topological polar surface area (TPSA) is 73.1 Å². The largest absolute Gasteiger partial charge is 0.227 e. The number of nitrogens with zero attached hydrogens (tertiary/aromatic N) is 1. The van der Waals surface area contributed by atoms with Gasteiger partial charge in [0.1, 0.15) is 4.58 Å². The van der Waals surface area contributed by atoms with Gasteiger partial charge in [-0.25, -0.2) is 13.6 Å². The summed E-state index contributed by atoms with van der Waals surface area (Å²) >= 11 is 5.29. The van der Waals surface area contributed by atoms with E-state index in [4.69, 9.17) is 5.14 Å². The molecule has 1 aromatic heterocycles. The number of hydrogen-bond acceptors (Lipinski definition) is 5. The van der Waals surface area contributed by atoms with Gasteiger partial charge in [-0.3, -0.25) is 0 Å². The van der Waals surface area contributed by atoms with Crippen molar-refractivity contribution in [1.29, 1.82) is 0 Å². The van der Waals surface area contributed by atoms with E-state index < -0.39 is 14.6 Å². The highest BCUT2D eigenvalue weighted by atomic mass is 32.3. The fourth-order valence-electron chi connectivity index (χ4n) is 1.22. The fraction of sp³-hybridized carbons (Fsp3) is 0.125. The number of fused-ring (bicyclic) bond motifs is 1. The van der Waals surface area contributed by atoms with Crippen molar-refractivity contribution in [2.75, 3.05) is 0 Å². The van der Waals surface area contributed by atoms with Crippen molar-refractivity contribution in [3.8, 4) is 0 Å². The zero-order valence-corrected chi connectivity index (χ0v) is 10.0. The number of nitrogens with two attached hydrogens (primary N) is 1. The summed E-state index contributed by atoms with van der Waals surface area (Å²) in [5, 5.41) is 6.00. The van der Waals surface area contributed by atoms with Crippen LogP contribution in [0.3, 0.4) is 0 Å². The van der Waals surface area contributed by atoms with E-state index in [2.05, 4.69) is 17.0 Å². The smallest absolute Gasteiger partial charge is 0.225 e. The van der Waals surface area contributed by atoms with Crippen LogP contribution in [0.5, 0.6) is 0 Å². The number of thiol groups is 1. The monoisotopic (exact) mass is 260 g/mol. The van der Waals surface area contributed by atoms with Crippen molar-refractivity contribution in [3.05, 3.63) is 30.0 Å². The lowest BCUT2D eigenvalue weighted by Gasteiger charge is -2.07. The standard InChI is InChI=1S/C8H8N2O2S3/c9-15(11,12)8(13)5-1-2-6-4-10-14-7(6)3-5/h1-4,8,13H,(H2,9,11,12).